The van der Waals surface area contributed by atoms with Crippen molar-refractivity contribution in [2.75, 3.05) is 13.2 Å². The van der Waals surface area contributed by atoms with Crippen LogP contribution in [0.25, 0.3) is 0 Å². The van der Waals surface area contributed by atoms with Crippen LogP contribution in [0.15, 0.2) is 48.5 Å². The molecule has 2 aromatic rings. The minimum absolute atomic E-state index is 0.106. The second kappa shape index (κ2) is 10.2. The lowest BCUT2D eigenvalue weighted by molar-refractivity contribution is 0.0734. The number of benzene rings is 2. The van der Waals surface area contributed by atoms with Crippen LogP contribution in [0, 0.1) is 17.2 Å². The smallest absolute Gasteiger partial charge is 0.343 e. The first kappa shape index (κ1) is 19.5. The summed E-state index contributed by atoms with van der Waals surface area (Å²) < 4.78 is 11.0. The summed E-state index contributed by atoms with van der Waals surface area (Å²) in [6.07, 6.45) is 3.09. The molecule has 0 fully saturated rings. The molecule has 0 aliphatic rings. The maximum atomic E-state index is 12.1. The van der Waals surface area contributed by atoms with Gasteiger partial charge >= 0.3 is 5.97 Å². The van der Waals surface area contributed by atoms with Crippen LogP contribution in [-0.4, -0.2) is 24.3 Å². The van der Waals surface area contributed by atoms with Crippen molar-refractivity contribution in [2.24, 2.45) is 5.92 Å². The molecule has 0 spiro atoms. The number of esters is 1. The Hall–Kier alpha value is -2.84. The molecule has 0 saturated carbocycles. The number of hydrogen-bond donors (Lipinski definition) is 1. The van der Waals surface area contributed by atoms with Gasteiger partial charge in [-0.3, -0.25) is 0 Å². The SMILES string of the molecule is CCCCC(CO)COc1ccc(C(=O)Oc2ccc(C#N)cc2)cc1. The Balaban J connectivity index is 1.89. The summed E-state index contributed by atoms with van der Waals surface area (Å²) in [4.78, 5) is 12.1. The van der Waals surface area contributed by atoms with Crippen molar-refractivity contribution in [3.05, 3.63) is 59.7 Å². The monoisotopic (exact) mass is 353 g/mol. The number of hydrogen-bond acceptors (Lipinski definition) is 5. The Labute approximate surface area is 153 Å². The first-order chi connectivity index (χ1) is 12.7. The van der Waals surface area contributed by atoms with Crippen molar-refractivity contribution < 1.29 is 19.4 Å². The minimum atomic E-state index is -0.475. The maximum Gasteiger partial charge on any atom is 0.343 e. The van der Waals surface area contributed by atoms with Crippen molar-refractivity contribution >= 4 is 5.97 Å². The number of aliphatic hydroxyl groups excluding tert-OH is 1. The fraction of sp³-hybridized carbons (Fsp3) is 0.333. The van der Waals surface area contributed by atoms with Crippen molar-refractivity contribution in [1.82, 2.24) is 0 Å². The average molecular weight is 353 g/mol. The van der Waals surface area contributed by atoms with Crippen molar-refractivity contribution in [2.45, 2.75) is 26.2 Å². The highest BCUT2D eigenvalue weighted by Crippen LogP contribution is 2.18. The largest absolute Gasteiger partial charge is 0.493 e. The van der Waals surface area contributed by atoms with Gasteiger partial charge in [0.05, 0.1) is 23.8 Å². The second-order valence-electron chi connectivity index (χ2n) is 6.05. The fourth-order valence-corrected chi connectivity index (χ4v) is 2.38. The molecule has 136 valence electrons. The van der Waals surface area contributed by atoms with Gasteiger partial charge in [0.1, 0.15) is 11.5 Å². The summed E-state index contributed by atoms with van der Waals surface area (Å²) in [5, 5.41) is 18.1. The Kier molecular flexibility index (Phi) is 7.66. The number of nitrogens with zero attached hydrogens (tertiary/aromatic N) is 1. The molecule has 5 nitrogen and oxygen atoms in total. The highest BCUT2D eigenvalue weighted by molar-refractivity contribution is 5.91. The van der Waals surface area contributed by atoms with Crippen molar-refractivity contribution in [1.29, 1.82) is 5.26 Å². The molecule has 0 radical (unpaired) electrons. The normalized spacial score (nSPS) is 11.4. The molecule has 0 heterocycles. The predicted molar refractivity (Wildman–Crippen MR) is 98.2 cm³/mol. The van der Waals surface area contributed by atoms with Gasteiger partial charge in [-0.25, -0.2) is 4.79 Å². The third kappa shape index (κ3) is 5.91. The van der Waals surface area contributed by atoms with E-state index in [-0.39, 0.29) is 12.5 Å². The first-order valence-electron chi connectivity index (χ1n) is 8.72. The molecular weight excluding hydrogens is 330 g/mol. The van der Waals surface area contributed by atoms with Crippen LogP contribution < -0.4 is 9.47 Å². The van der Waals surface area contributed by atoms with E-state index >= 15 is 0 Å². The molecule has 2 rings (SSSR count). The molecule has 0 amide bonds. The molecule has 26 heavy (non-hydrogen) atoms. The summed E-state index contributed by atoms with van der Waals surface area (Å²) >= 11 is 0. The number of carbonyl (C=O) groups is 1. The zero-order valence-corrected chi connectivity index (χ0v) is 14.9. The molecular formula is C21H23NO4. The Morgan fingerprint density at radius 1 is 1.12 bits per heavy atom. The van der Waals surface area contributed by atoms with E-state index in [1.807, 2.05) is 6.07 Å². The average Bonchev–Trinajstić information content (AvgIpc) is 2.69. The number of unbranched alkanes of at least 4 members (excludes halogenated alkanes) is 1. The number of aliphatic hydroxyl groups is 1. The van der Waals surface area contributed by atoms with E-state index in [9.17, 15) is 9.90 Å². The molecule has 5 heteroatoms. The molecule has 0 aromatic heterocycles. The zero-order chi connectivity index (χ0) is 18.8. The van der Waals surface area contributed by atoms with E-state index in [0.717, 1.165) is 19.3 Å². The maximum absolute atomic E-state index is 12.1. The van der Waals surface area contributed by atoms with E-state index < -0.39 is 5.97 Å². The second-order valence-corrected chi connectivity index (χ2v) is 6.05. The van der Waals surface area contributed by atoms with Crippen LogP contribution in [0.2, 0.25) is 0 Å². The zero-order valence-electron chi connectivity index (χ0n) is 14.9. The summed E-state index contributed by atoms with van der Waals surface area (Å²) in [6.45, 7) is 2.67. The van der Waals surface area contributed by atoms with E-state index in [1.54, 1.807) is 48.5 Å². The lowest BCUT2D eigenvalue weighted by Crippen LogP contribution is -2.16. The third-order valence-corrected chi connectivity index (χ3v) is 3.99. The van der Waals surface area contributed by atoms with E-state index in [4.69, 9.17) is 14.7 Å². The Bertz CT molecular complexity index is 732. The third-order valence-electron chi connectivity index (χ3n) is 3.99. The summed E-state index contributed by atoms with van der Waals surface area (Å²) in [5.41, 5.74) is 0.915. The molecule has 1 N–H and O–H groups in total. The van der Waals surface area contributed by atoms with E-state index in [2.05, 4.69) is 6.92 Å². The molecule has 1 atom stereocenters. The number of ether oxygens (including phenoxy) is 2. The fourth-order valence-electron chi connectivity index (χ4n) is 2.38. The molecule has 2 aromatic carbocycles. The van der Waals surface area contributed by atoms with Crippen molar-refractivity contribution in [3.8, 4) is 17.6 Å². The number of carbonyl (C=O) groups excluding carboxylic acids is 1. The Morgan fingerprint density at radius 2 is 1.77 bits per heavy atom. The standard InChI is InChI=1S/C21H23NO4/c1-2-3-4-17(14-23)15-25-19-11-7-18(8-12-19)21(24)26-20-9-5-16(13-22)6-10-20/h5-12,17,23H,2-4,14-15H2,1H3. The van der Waals surface area contributed by atoms with Gasteiger partial charge in [0.15, 0.2) is 0 Å². The van der Waals surface area contributed by atoms with Gasteiger partial charge in [0.25, 0.3) is 0 Å². The van der Waals surface area contributed by atoms with Gasteiger partial charge in [0.2, 0.25) is 0 Å². The molecule has 0 aliphatic heterocycles. The number of rotatable bonds is 9. The lowest BCUT2D eigenvalue weighted by Gasteiger charge is -2.15. The van der Waals surface area contributed by atoms with Crippen molar-refractivity contribution in [3.63, 3.8) is 0 Å². The van der Waals surface area contributed by atoms with Crippen LogP contribution in [0.5, 0.6) is 11.5 Å². The highest BCUT2D eigenvalue weighted by Gasteiger charge is 2.11. The predicted octanol–water partition coefficient (Wildman–Crippen LogP) is 3.95. The minimum Gasteiger partial charge on any atom is -0.493 e. The van der Waals surface area contributed by atoms with E-state index in [1.165, 1.54) is 0 Å². The van der Waals surface area contributed by atoms with Gasteiger partial charge in [-0.15, -0.1) is 0 Å². The number of nitriles is 1. The summed E-state index contributed by atoms with van der Waals surface area (Å²) in [7, 11) is 0. The van der Waals surface area contributed by atoms with Crippen LogP contribution in [0.4, 0.5) is 0 Å². The first-order valence-corrected chi connectivity index (χ1v) is 8.72. The van der Waals surface area contributed by atoms with Gasteiger partial charge in [-0.2, -0.15) is 5.26 Å². The molecule has 1 unspecified atom stereocenters. The van der Waals surface area contributed by atoms with Gasteiger partial charge in [-0.05, 0) is 55.0 Å². The van der Waals surface area contributed by atoms with Crippen LogP contribution in [-0.2, 0) is 0 Å². The van der Waals surface area contributed by atoms with Crippen LogP contribution in [0.3, 0.4) is 0 Å². The molecule has 0 saturated heterocycles. The quantitative estimate of drug-likeness (QED) is 0.545. The summed E-state index contributed by atoms with van der Waals surface area (Å²) in [6, 6.07) is 15.1. The lowest BCUT2D eigenvalue weighted by atomic mass is 10.0. The molecule has 0 bridgehead atoms. The highest BCUT2D eigenvalue weighted by atomic mass is 16.5. The topological polar surface area (TPSA) is 79.6 Å². The molecule has 0 aliphatic carbocycles. The van der Waals surface area contributed by atoms with E-state index in [0.29, 0.717) is 29.2 Å². The van der Waals surface area contributed by atoms with Gasteiger partial charge < -0.3 is 14.6 Å². The van der Waals surface area contributed by atoms with Crippen LogP contribution >= 0.6 is 0 Å². The van der Waals surface area contributed by atoms with Gasteiger partial charge in [-0.1, -0.05) is 19.8 Å². The summed E-state index contributed by atoms with van der Waals surface area (Å²) in [5.74, 6) is 0.680. The van der Waals surface area contributed by atoms with Gasteiger partial charge in [0, 0.05) is 12.5 Å². The van der Waals surface area contributed by atoms with Crippen LogP contribution in [0.1, 0.15) is 42.1 Å². The Morgan fingerprint density at radius 3 is 2.35 bits per heavy atom.